The summed E-state index contributed by atoms with van der Waals surface area (Å²) in [5.74, 6) is 0.599. The molecule has 1 aliphatic carbocycles. The molecule has 9 nitrogen and oxygen atoms in total. The number of H-pyrrole nitrogens is 1. The molecule has 0 amide bonds. The van der Waals surface area contributed by atoms with Gasteiger partial charge in [0.15, 0.2) is 11.1 Å². The minimum atomic E-state index is -0.304. The van der Waals surface area contributed by atoms with E-state index in [0.29, 0.717) is 16.6 Å². The van der Waals surface area contributed by atoms with Gasteiger partial charge in [0.1, 0.15) is 5.82 Å². The fraction of sp³-hybridized carbons (Fsp3) is 0.474. The van der Waals surface area contributed by atoms with Gasteiger partial charge in [-0.05, 0) is 32.0 Å². The van der Waals surface area contributed by atoms with Crippen molar-refractivity contribution in [3.05, 3.63) is 37.5 Å². The molecule has 3 heterocycles. The van der Waals surface area contributed by atoms with Crippen LogP contribution >= 0.6 is 11.3 Å². The molecule has 1 saturated carbocycles. The summed E-state index contributed by atoms with van der Waals surface area (Å²) in [6.07, 6.45) is 5.59. The maximum atomic E-state index is 11.5. The second kappa shape index (κ2) is 8.34. The lowest BCUT2D eigenvalue weighted by molar-refractivity contribution is 0.316. The zero-order valence-electron chi connectivity index (χ0n) is 16.6. The normalized spacial score (nSPS) is 15.7. The molecule has 1 aliphatic rings. The fourth-order valence-corrected chi connectivity index (χ4v) is 3.77. The van der Waals surface area contributed by atoms with Crippen LogP contribution in [-0.4, -0.2) is 61.8 Å². The van der Waals surface area contributed by atoms with Crippen molar-refractivity contribution in [2.75, 3.05) is 31.5 Å². The molecule has 0 spiro atoms. The first-order valence-electron chi connectivity index (χ1n) is 9.90. The first kappa shape index (κ1) is 19.6. The lowest BCUT2D eigenvalue weighted by atomic mass is 10.3. The van der Waals surface area contributed by atoms with Crippen molar-refractivity contribution in [2.45, 2.75) is 32.7 Å². The molecule has 3 N–H and O–H groups in total. The SMILES string of the molecule is CCN(CC)CCNc1cc(=NC2CC2)n2nc/c(=C/c3sc(=O)[nH]c3O)c2n1. The number of fused-ring (bicyclic) bond motifs is 1. The van der Waals surface area contributed by atoms with E-state index in [-0.39, 0.29) is 10.8 Å². The summed E-state index contributed by atoms with van der Waals surface area (Å²) in [4.78, 5) is 25.8. The number of aromatic nitrogens is 4. The molecule has 1 fully saturated rings. The van der Waals surface area contributed by atoms with Gasteiger partial charge in [0, 0.05) is 24.4 Å². The van der Waals surface area contributed by atoms with Crippen LogP contribution in [0.4, 0.5) is 5.82 Å². The second-order valence-electron chi connectivity index (χ2n) is 7.02. The van der Waals surface area contributed by atoms with E-state index in [9.17, 15) is 9.90 Å². The molecule has 0 aromatic carbocycles. The highest BCUT2D eigenvalue weighted by Crippen LogP contribution is 2.22. The summed E-state index contributed by atoms with van der Waals surface area (Å²) in [5.41, 5.74) is 1.39. The third kappa shape index (κ3) is 4.48. The lowest BCUT2D eigenvalue weighted by Gasteiger charge is -2.18. The van der Waals surface area contributed by atoms with Gasteiger partial charge in [-0.25, -0.2) is 4.98 Å². The first-order chi connectivity index (χ1) is 14.1. The number of nitrogens with zero attached hydrogens (tertiary/aromatic N) is 5. The Kier molecular flexibility index (Phi) is 5.63. The first-order valence-corrected chi connectivity index (χ1v) is 10.7. The van der Waals surface area contributed by atoms with Crippen LogP contribution in [0.3, 0.4) is 0 Å². The Morgan fingerprint density at radius 3 is 2.90 bits per heavy atom. The Balaban J connectivity index is 1.73. The third-order valence-corrected chi connectivity index (χ3v) is 5.73. The zero-order valence-corrected chi connectivity index (χ0v) is 17.4. The van der Waals surface area contributed by atoms with Gasteiger partial charge in [-0.3, -0.25) is 14.8 Å². The van der Waals surface area contributed by atoms with Gasteiger partial charge in [0.25, 0.3) is 0 Å². The maximum Gasteiger partial charge on any atom is 0.307 e. The minimum Gasteiger partial charge on any atom is -0.493 e. The number of anilines is 1. The summed E-state index contributed by atoms with van der Waals surface area (Å²) in [6.45, 7) is 8.04. The predicted molar refractivity (Wildman–Crippen MR) is 113 cm³/mol. The number of aromatic hydroxyl groups is 1. The number of thiazole rings is 1. The van der Waals surface area contributed by atoms with Crippen molar-refractivity contribution in [3.63, 3.8) is 0 Å². The highest BCUT2D eigenvalue weighted by atomic mass is 32.1. The van der Waals surface area contributed by atoms with E-state index >= 15 is 0 Å². The van der Waals surface area contributed by atoms with Crippen LogP contribution in [-0.2, 0) is 0 Å². The molecule has 0 saturated heterocycles. The number of aromatic amines is 1. The van der Waals surface area contributed by atoms with E-state index in [1.807, 2.05) is 6.07 Å². The van der Waals surface area contributed by atoms with Crippen LogP contribution in [0.1, 0.15) is 31.6 Å². The number of hydrogen-bond donors (Lipinski definition) is 3. The number of likely N-dealkylation sites (N-methyl/N-ethyl adjacent to an activating group) is 1. The second-order valence-corrected chi connectivity index (χ2v) is 8.04. The van der Waals surface area contributed by atoms with Crippen LogP contribution in [0, 0.1) is 0 Å². The van der Waals surface area contributed by atoms with Gasteiger partial charge < -0.3 is 15.3 Å². The van der Waals surface area contributed by atoms with Crippen LogP contribution in [0.15, 0.2) is 22.1 Å². The summed E-state index contributed by atoms with van der Waals surface area (Å²) < 4.78 is 1.71. The molecule has 0 bridgehead atoms. The largest absolute Gasteiger partial charge is 0.493 e. The predicted octanol–water partition coefficient (Wildman–Crippen LogP) is 0.549. The number of nitrogens with one attached hydrogen (secondary N) is 2. The summed E-state index contributed by atoms with van der Waals surface area (Å²) in [7, 11) is 0. The summed E-state index contributed by atoms with van der Waals surface area (Å²) >= 11 is 0.946. The van der Waals surface area contributed by atoms with Gasteiger partial charge >= 0.3 is 4.87 Å². The fourth-order valence-electron chi connectivity index (χ4n) is 3.09. The number of rotatable bonds is 8. The Bertz CT molecular complexity index is 1170. The van der Waals surface area contributed by atoms with E-state index < -0.39 is 0 Å². The van der Waals surface area contributed by atoms with E-state index in [1.54, 1.807) is 16.8 Å². The van der Waals surface area contributed by atoms with Crippen LogP contribution < -0.4 is 20.9 Å². The maximum absolute atomic E-state index is 11.5. The van der Waals surface area contributed by atoms with Crippen molar-refractivity contribution in [1.29, 1.82) is 0 Å². The number of hydrogen-bond acceptors (Lipinski definition) is 8. The standard InChI is InChI=1S/C19H25N7O2S/c1-3-25(4-2)8-7-20-15-10-16(22-13-5-6-13)26-17(23-15)12(11-21-26)9-14-18(27)24-19(28)29-14/h9-11,13,20,27H,3-8H2,1-2H3,(H,24,28)/b12-9-,22-16?. The molecule has 10 heteroatoms. The van der Waals surface area contributed by atoms with Gasteiger partial charge in [0.2, 0.25) is 5.88 Å². The molecule has 0 radical (unpaired) electrons. The Hall–Kier alpha value is -2.72. The van der Waals surface area contributed by atoms with Gasteiger partial charge in [-0.15, -0.1) is 0 Å². The molecule has 29 heavy (non-hydrogen) atoms. The molecule has 154 valence electrons. The summed E-state index contributed by atoms with van der Waals surface area (Å²) in [5, 5.41) is 18.4. The molecule has 0 atom stereocenters. The van der Waals surface area contributed by atoms with E-state index in [4.69, 9.17) is 9.98 Å². The van der Waals surface area contributed by atoms with Gasteiger partial charge in [-0.1, -0.05) is 25.2 Å². The van der Waals surface area contributed by atoms with E-state index in [2.05, 4.69) is 34.1 Å². The van der Waals surface area contributed by atoms with Crippen molar-refractivity contribution >= 4 is 28.9 Å². The summed E-state index contributed by atoms with van der Waals surface area (Å²) in [6, 6.07) is 2.27. The molecule has 3 aromatic heterocycles. The molecule has 3 aromatic rings. The Labute approximate surface area is 171 Å². The average molecular weight is 416 g/mol. The van der Waals surface area contributed by atoms with Crippen LogP contribution in [0.25, 0.3) is 11.7 Å². The lowest BCUT2D eigenvalue weighted by Crippen LogP contribution is -2.29. The minimum absolute atomic E-state index is 0.143. The zero-order chi connectivity index (χ0) is 20.4. The topological polar surface area (TPSA) is 111 Å². The van der Waals surface area contributed by atoms with Crippen molar-refractivity contribution in [1.82, 2.24) is 24.5 Å². The molecule has 4 rings (SSSR count). The van der Waals surface area contributed by atoms with Crippen LogP contribution in [0.5, 0.6) is 5.88 Å². The Morgan fingerprint density at radius 2 is 2.24 bits per heavy atom. The molecular weight excluding hydrogens is 390 g/mol. The quantitative estimate of drug-likeness (QED) is 0.496. The molecule has 0 aliphatic heterocycles. The van der Waals surface area contributed by atoms with Crippen molar-refractivity contribution in [3.8, 4) is 5.88 Å². The van der Waals surface area contributed by atoms with Crippen molar-refractivity contribution in [2.24, 2.45) is 4.99 Å². The van der Waals surface area contributed by atoms with E-state index in [1.165, 1.54) is 0 Å². The average Bonchev–Trinajstić information content (AvgIpc) is 3.34. The van der Waals surface area contributed by atoms with Gasteiger partial charge in [0.05, 0.1) is 17.1 Å². The Morgan fingerprint density at radius 1 is 1.45 bits per heavy atom. The van der Waals surface area contributed by atoms with E-state index in [0.717, 1.165) is 66.9 Å². The van der Waals surface area contributed by atoms with Crippen molar-refractivity contribution < 1.29 is 5.11 Å². The highest BCUT2D eigenvalue weighted by molar-refractivity contribution is 7.10. The smallest absolute Gasteiger partial charge is 0.307 e. The monoisotopic (exact) mass is 415 g/mol. The van der Waals surface area contributed by atoms with Gasteiger partial charge in [-0.2, -0.15) is 9.61 Å². The third-order valence-electron chi connectivity index (χ3n) is 4.91. The highest BCUT2D eigenvalue weighted by Gasteiger charge is 2.20. The van der Waals surface area contributed by atoms with Crippen LogP contribution in [0.2, 0.25) is 0 Å². The molecular formula is C19H25N7O2S. The molecule has 0 unspecified atom stereocenters.